The van der Waals surface area contributed by atoms with Gasteiger partial charge in [0, 0.05) is 32.7 Å². The summed E-state index contributed by atoms with van der Waals surface area (Å²) in [6.07, 6.45) is 4.48. The molecule has 0 saturated carbocycles. The summed E-state index contributed by atoms with van der Waals surface area (Å²) in [6.45, 7) is 13.5. The number of benzene rings is 3. The van der Waals surface area contributed by atoms with Crippen LogP contribution in [0.15, 0.2) is 72.8 Å². The third-order valence-electron chi connectivity index (χ3n) is 7.48. The normalized spacial score (nSPS) is 15.9. The van der Waals surface area contributed by atoms with Crippen molar-refractivity contribution >= 4 is 6.08 Å². The van der Waals surface area contributed by atoms with Gasteiger partial charge in [-0.15, -0.1) is 5.10 Å². The molecule has 0 spiro atoms. The standard InChI is InChI=1S/C31H36N6/c1-23-15-16-28(22-26(23)4)30(31-32-33-34-37(31)29-24(2)10-8-11-25(29)3)36-20-18-35(19-21-36)17-9-14-27-12-6-5-7-13-27/h5-16,22,30H,17-21H2,1-4H3/t30-/m0/s1. The molecule has 37 heavy (non-hydrogen) atoms. The van der Waals surface area contributed by atoms with E-state index in [1.807, 2.05) is 4.68 Å². The van der Waals surface area contributed by atoms with Gasteiger partial charge in [0.15, 0.2) is 5.82 Å². The highest BCUT2D eigenvalue weighted by Gasteiger charge is 2.31. The zero-order chi connectivity index (χ0) is 25.8. The number of tetrazole rings is 1. The third-order valence-corrected chi connectivity index (χ3v) is 7.48. The molecule has 3 aromatic carbocycles. The molecule has 1 saturated heterocycles. The van der Waals surface area contributed by atoms with E-state index in [2.05, 4.69) is 132 Å². The van der Waals surface area contributed by atoms with Crippen LogP contribution in [0.3, 0.4) is 0 Å². The van der Waals surface area contributed by atoms with Crippen molar-refractivity contribution in [1.29, 1.82) is 0 Å². The Labute approximate surface area is 220 Å². The molecular weight excluding hydrogens is 456 g/mol. The third kappa shape index (κ3) is 5.55. The fraction of sp³-hybridized carbons (Fsp3) is 0.323. The van der Waals surface area contributed by atoms with Crippen LogP contribution < -0.4 is 0 Å². The summed E-state index contributed by atoms with van der Waals surface area (Å²) in [4.78, 5) is 5.05. The van der Waals surface area contributed by atoms with E-state index in [0.29, 0.717) is 0 Å². The van der Waals surface area contributed by atoms with Crippen molar-refractivity contribution in [3.05, 3.63) is 112 Å². The summed E-state index contributed by atoms with van der Waals surface area (Å²) in [5.74, 6) is 0.873. The summed E-state index contributed by atoms with van der Waals surface area (Å²) in [5.41, 5.74) is 8.48. The largest absolute Gasteiger partial charge is 0.297 e. The fourth-order valence-electron chi connectivity index (χ4n) is 5.23. The lowest BCUT2D eigenvalue weighted by atomic mass is 9.98. The molecule has 0 radical (unpaired) electrons. The van der Waals surface area contributed by atoms with Crippen molar-refractivity contribution in [2.45, 2.75) is 33.7 Å². The lowest BCUT2D eigenvalue weighted by molar-refractivity contribution is 0.113. The maximum absolute atomic E-state index is 4.62. The Morgan fingerprint density at radius 1 is 0.784 bits per heavy atom. The number of para-hydroxylation sites is 1. The zero-order valence-corrected chi connectivity index (χ0v) is 22.3. The van der Waals surface area contributed by atoms with Crippen LogP contribution in [0, 0.1) is 27.7 Å². The van der Waals surface area contributed by atoms with Gasteiger partial charge >= 0.3 is 0 Å². The number of rotatable bonds is 7. The van der Waals surface area contributed by atoms with Crippen LogP contribution in [0.1, 0.15) is 45.2 Å². The Kier molecular flexibility index (Phi) is 7.58. The average molecular weight is 493 g/mol. The average Bonchev–Trinajstić information content (AvgIpc) is 3.36. The van der Waals surface area contributed by atoms with Crippen LogP contribution in [0.5, 0.6) is 0 Å². The molecule has 0 N–H and O–H groups in total. The van der Waals surface area contributed by atoms with Gasteiger partial charge in [0.1, 0.15) is 0 Å². The van der Waals surface area contributed by atoms with Gasteiger partial charge < -0.3 is 0 Å². The van der Waals surface area contributed by atoms with Gasteiger partial charge in [0.2, 0.25) is 0 Å². The van der Waals surface area contributed by atoms with E-state index in [4.69, 9.17) is 0 Å². The van der Waals surface area contributed by atoms with Crippen LogP contribution in [0.2, 0.25) is 0 Å². The van der Waals surface area contributed by atoms with Crippen molar-refractivity contribution in [2.24, 2.45) is 0 Å². The first-order valence-corrected chi connectivity index (χ1v) is 13.1. The Hall–Kier alpha value is -3.61. The van der Waals surface area contributed by atoms with Crippen LogP contribution in [-0.2, 0) is 0 Å². The maximum atomic E-state index is 4.62. The van der Waals surface area contributed by atoms with Crippen molar-refractivity contribution in [1.82, 2.24) is 30.0 Å². The summed E-state index contributed by atoms with van der Waals surface area (Å²) < 4.78 is 1.96. The van der Waals surface area contributed by atoms with E-state index < -0.39 is 0 Å². The summed E-state index contributed by atoms with van der Waals surface area (Å²) >= 11 is 0. The highest BCUT2D eigenvalue weighted by atomic mass is 15.6. The van der Waals surface area contributed by atoms with E-state index in [1.54, 1.807) is 0 Å². The van der Waals surface area contributed by atoms with Gasteiger partial charge in [-0.2, -0.15) is 4.68 Å². The van der Waals surface area contributed by atoms with Crippen molar-refractivity contribution in [2.75, 3.05) is 32.7 Å². The fourth-order valence-corrected chi connectivity index (χ4v) is 5.23. The molecule has 190 valence electrons. The highest BCUT2D eigenvalue weighted by Crippen LogP contribution is 2.31. The lowest BCUT2D eigenvalue weighted by Crippen LogP contribution is -2.48. The van der Waals surface area contributed by atoms with Gasteiger partial charge in [-0.05, 0) is 71.5 Å². The first-order valence-electron chi connectivity index (χ1n) is 13.1. The molecule has 2 heterocycles. The van der Waals surface area contributed by atoms with E-state index in [-0.39, 0.29) is 6.04 Å². The highest BCUT2D eigenvalue weighted by molar-refractivity contribution is 5.49. The Bertz CT molecular complexity index is 1350. The number of nitrogens with zero attached hydrogens (tertiary/aromatic N) is 6. The first-order chi connectivity index (χ1) is 18.0. The summed E-state index contributed by atoms with van der Waals surface area (Å²) in [7, 11) is 0. The molecule has 4 aromatic rings. The minimum Gasteiger partial charge on any atom is -0.297 e. The SMILES string of the molecule is Cc1ccc([C@@H](c2nnnn2-c2c(C)cccc2C)N2CCN(CC=Cc3ccccc3)CC2)cc1C. The van der Waals surface area contributed by atoms with E-state index in [1.165, 1.54) is 33.4 Å². The Morgan fingerprint density at radius 3 is 2.22 bits per heavy atom. The molecule has 1 aliphatic heterocycles. The summed E-state index contributed by atoms with van der Waals surface area (Å²) in [5, 5.41) is 13.3. The predicted molar refractivity (Wildman–Crippen MR) is 150 cm³/mol. The molecule has 6 nitrogen and oxygen atoms in total. The van der Waals surface area contributed by atoms with E-state index in [9.17, 15) is 0 Å². The molecule has 0 bridgehead atoms. The molecule has 5 rings (SSSR count). The molecule has 1 atom stereocenters. The number of aryl methyl sites for hydroxylation is 4. The van der Waals surface area contributed by atoms with Gasteiger partial charge in [-0.3, -0.25) is 9.80 Å². The predicted octanol–water partition coefficient (Wildman–Crippen LogP) is 5.32. The van der Waals surface area contributed by atoms with Crippen molar-refractivity contribution in [3.63, 3.8) is 0 Å². The molecule has 0 amide bonds. The number of piperazine rings is 1. The quantitative estimate of drug-likeness (QED) is 0.350. The maximum Gasteiger partial charge on any atom is 0.178 e. The van der Waals surface area contributed by atoms with Crippen LogP contribution in [0.25, 0.3) is 11.8 Å². The first kappa shape index (κ1) is 25.1. The monoisotopic (exact) mass is 492 g/mol. The zero-order valence-electron chi connectivity index (χ0n) is 22.3. The number of hydrogen-bond acceptors (Lipinski definition) is 5. The second-order valence-electron chi connectivity index (χ2n) is 10.1. The molecule has 1 fully saturated rings. The molecular formula is C31H36N6. The second kappa shape index (κ2) is 11.2. The topological polar surface area (TPSA) is 50.1 Å². The molecule has 0 aliphatic carbocycles. The van der Waals surface area contributed by atoms with Crippen molar-refractivity contribution < 1.29 is 0 Å². The van der Waals surface area contributed by atoms with Crippen LogP contribution >= 0.6 is 0 Å². The molecule has 0 unspecified atom stereocenters. The molecule has 6 heteroatoms. The molecule has 1 aromatic heterocycles. The Morgan fingerprint density at radius 2 is 1.51 bits per heavy atom. The van der Waals surface area contributed by atoms with Crippen LogP contribution in [-0.4, -0.2) is 62.7 Å². The molecule has 1 aliphatic rings. The smallest absolute Gasteiger partial charge is 0.178 e. The van der Waals surface area contributed by atoms with Crippen molar-refractivity contribution in [3.8, 4) is 5.69 Å². The minimum atomic E-state index is -0.0182. The van der Waals surface area contributed by atoms with Crippen LogP contribution in [0.4, 0.5) is 0 Å². The van der Waals surface area contributed by atoms with E-state index >= 15 is 0 Å². The lowest BCUT2D eigenvalue weighted by Gasteiger charge is -2.38. The Balaban J connectivity index is 1.41. The summed E-state index contributed by atoms with van der Waals surface area (Å²) in [6, 6.07) is 23.6. The number of hydrogen-bond donors (Lipinski definition) is 0. The van der Waals surface area contributed by atoms with Gasteiger partial charge in [-0.1, -0.05) is 78.9 Å². The van der Waals surface area contributed by atoms with Gasteiger partial charge in [0.25, 0.3) is 0 Å². The van der Waals surface area contributed by atoms with E-state index in [0.717, 1.165) is 44.2 Å². The second-order valence-corrected chi connectivity index (χ2v) is 10.1. The van der Waals surface area contributed by atoms with Gasteiger partial charge in [0.05, 0.1) is 11.7 Å². The minimum absolute atomic E-state index is 0.0182. The van der Waals surface area contributed by atoms with Gasteiger partial charge in [-0.25, -0.2) is 0 Å². The number of aromatic nitrogens is 4.